The Hall–Kier alpha value is -0.410. The highest BCUT2D eigenvalue weighted by Crippen LogP contribution is 2.53. The van der Waals surface area contributed by atoms with Crippen LogP contribution in [0, 0.1) is 25.2 Å². The highest BCUT2D eigenvalue weighted by Gasteiger charge is 2.50. The first kappa shape index (κ1) is 13.0. The van der Waals surface area contributed by atoms with Crippen molar-refractivity contribution in [2.45, 2.75) is 53.0 Å². The summed E-state index contributed by atoms with van der Waals surface area (Å²) in [4.78, 5) is 6.16. The van der Waals surface area contributed by atoms with Crippen molar-refractivity contribution in [1.82, 2.24) is 10.3 Å². The summed E-state index contributed by atoms with van der Waals surface area (Å²) in [6.45, 7) is 11.4. The molecule has 1 aromatic rings. The molecule has 2 atom stereocenters. The van der Waals surface area contributed by atoms with Crippen molar-refractivity contribution >= 4 is 11.3 Å². The lowest BCUT2D eigenvalue weighted by Crippen LogP contribution is -2.42. The maximum Gasteiger partial charge on any atom is 0.114 e. The topological polar surface area (TPSA) is 24.9 Å². The molecule has 1 saturated carbocycles. The van der Waals surface area contributed by atoms with E-state index in [0.29, 0.717) is 11.3 Å². The molecule has 96 valence electrons. The van der Waals surface area contributed by atoms with E-state index in [1.807, 2.05) is 11.3 Å². The van der Waals surface area contributed by atoms with Gasteiger partial charge in [-0.05, 0) is 45.1 Å². The van der Waals surface area contributed by atoms with Crippen LogP contribution in [-0.4, -0.2) is 12.0 Å². The van der Waals surface area contributed by atoms with Gasteiger partial charge >= 0.3 is 0 Å². The Balaban J connectivity index is 2.45. The summed E-state index contributed by atoms with van der Waals surface area (Å²) in [6.07, 6.45) is 2.45. The van der Waals surface area contributed by atoms with Crippen molar-refractivity contribution < 1.29 is 0 Å². The number of nitrogens with zero attached hydrogens (tertiary/aromatic N) is 1. The van der Waals surface area contributed by atoms with Gasteiger partial charge in [0.15, 0.2) is 0 Å². The summed E-state index contributed by atoms with van der Waals surface area (Å²) >= 11 is 1.87. The molecule has 1 aliphatic rings. The van der Waals surface area contributed by atoms with Gasteiger partial charge in [-0.25, -0.2) is 4.98 Å². The standard InChI is InChI=1S/C14H24N2S/c1-9-7-13(4,5)8-14(9,15-6)12-16-10(2)11(3)17-12/h9,15H,7-8H2,1-6H3. The second-order valence-electron chi connectivity index (χ2n) is 6.33. The predicted octanol–water partition coefficient (Wildman–Crippen LogP) is 3.63. The van der Waals surface area contributed by atoms with Crippen LogP contribution >= 0.6 is 11.3 Å². The van der Waals surface area contributed by atoms with Crippen LogP contribution in [0.2, 0.25) is 0 Å². The normalized spacial score (nSPS) is 32.0. The second kappa shape index (κ2) is 4.06. The number of thiazole rings is 1. The van der Waals surface area contributed by atoms with Crippen LogP contribution in [0.1, 0.15) is 49.2 Å². The molecule has 1 aromatic heterocycles. The van der Waals surface area contributed by atoms with Crippen LogP contribution in [0.5, 0.6) is 0 Å². The van der Waals surface area contributed by atoms with E-state index in [2.05, 4.69) is 47.0 Å². The maximum absolute atomic E-state index is 4.81. The number of aryl methyl sites for hydroxylation is 2. The van der Waals surface area contributed by atoms with E-state index in [1.165, 1.54) is 28.4 Å². The molecule has 0 spiro atoms. The van der Waals surface area contributed by atoms with Crippen molar-refractivity contribution in [2.24, 2.45) is 11.3 Å². The van der Waals surface area contributed by atoms with E-state index < -0.39 is 0 Å². The van der Waals surface area contributed by atoms with Gasteiger partial charge in [-0.3, -0.25) is 0 Å². The van der Waals surface area contributed by atoms with Crippen molar-refractivity contribution in [3.8, 4) is 0 Å². The molecular weight excluding hydrogens is 228 g/mol. The first-order valence-electron chi connectivity index (χ1n) is 6.44. The van der Waals surface area contributed by atoms with E-state index in [4.69, 9.17) is 4.98 Å². The molecule has 1 N–H and O–H groups in total. The quantitative estimate of drug-likeness (QED) is 0.869. The number of rotatable bonds is 2. The predicted molar refractivity (Wildman–Crippen MR) is 74.5 cm³/mol. The zero-order chi connectivity index (χ0) is 12.8. The number of nitrogens with one attached hydrogen (secondary N) is 1. The van der Waals surface area contributed by atoms with E-state index in [9.17, 15) is 0 Å². The molecule has 17 heavy (non-hydrogen) atoms. The third-order valence-electron chi connectivity index (χ3n) is 4.31. The Labute approximate surface area is 109 Å². The molecule has 1 fully saturated rings. The molecule has 2 unspecified atom stereocenters. The van der Waals surface area contributed by atoms with Crippen LogP contribution in [0.25, 0.3) is 0 Å². The first-order chi connectivity index (χ1) is 7.81. The van der Waals surface area contributed by atoms with Crippen molar-refractivity contribution in [3.63, 3.8) is 0 Å². The third kappa shape index (κ3) is 2.04. The summed E-state index contributed by atoms with van der Waals surface area (Å²) in [7, 11) is 2.09. The third-order valence-corrected chi connectivity index (χ3v) is 5.56. The van der Waals surface area contributed by atoms with Gasteiger partial charge in [0.2, 0.25) is 0 Å². The van der Waals surface area contributed by atoms with E-state index >= 15 is 0 Å². The Morgan fingerprint density at radius 1 is 1.35 bits per heavy atom. The fourth-order valence-corrected chi connectivity index (χ4v) is 4.62. The Morgan fingerprint density at radius 2 is 2.00 bits per heavy atom. The fourth-order valence-electron chi connectivity index (χ4n) is 3.40. The molecule has 0 amide bonds. The molecule has 1 heterocycles. The van der Waals surface area contributed by atoms with E-state index in [-0.39, 0.29) is 5.54 Å². The molecule has 2 nitrogen and oxygen atoms in total. The Morgan fingerprint density at radius 3 is 2.35 bits per heavy atom. The maximum atomic E-state index is 4.81. The molecule has 3 heteroatoms. The van der Waals surface area contributed by atoms with Crippen molar-refractivity contribution in [3.05, 3.63) is 15.6 Å². The van der Waals surface area contributed by atoms with Gasteiger partial charge in [0, 0.05) is 4.88 Å². The Bertz CT molecular complexity index is 402. The molecule has 0 aromatic carbocycles. The van der Waals surface area contributed by atoms with Crippen LogP contribution < -0.4 is 5.32 Å². The zero-order valence-electron chi connectivity index (χ0n) is 11.8. The monoisotopic (exact) mass is 252 g/mol. The van der Waals surface area contributed by atoms with Crippen LogP contribution in [0.4, 0.5) is 0 Å². The molecule has 0 bridgehead atoms. The zero-order valence-corrected chi connectivity index (χ0v) is 12.7. The minimum Gasteiger partial charge on any atom is -0.308 e. The SMILES string of the molecule is CNC1(c2nc(C)c(C)s2)CC(C)(C)CC1C. The average molecular weight is 252 g/mol. The summed E-state index contributed by atoms with van der Waals surface area (Å²) in [6, 6.07) is 0. The Kier molecular flexibility index (Phi) is 3.11. The summed E-state index contributed by atoms with van der Waals surface area (Å²) < 4.78 is 0. The number of hydrogen-bond donors (Lipinski definition) is 1. The van der Waals surface area contributed by atoms with Gasteiger partial charge in [0.05, 0.1) is 11.2 Å². The lowest BCUT2D eigenvalue weighted by molar-refractivity contribution is 0.270. The van der Waals surface area contributed by atoms with Crippen LogP contribution in [0.15, 0.2) is 0 Å². The lowest BCUT2D eigenvalue weighted by atomic mass is 9.87. The fraction of sp³-hybridized carbons (Fsp3) is 0.786. The molecule has 0 radical (unpaired) electrons. The van der Waals surface area contributed by atoms with Gasteiger partial charge in [-0.15, -0.1) is 11.3 Å². The molecule has 0 aliphatic heterocycles. The van der Waals surface area contributed by atoms with E-state index in [1.54, 1.807) is 0 Å². The molecule has 0 saturated heterocycles. The van der Waals surface area contributed by atoms with Gasteiger partial charge < -0.3 is 5.32 Å². The molecule has 1 aliphatic carbocycles. The largest absolute Gasteiger partial charge is 0.308 e. The summed E-state index contributed by atoms with van der Waals surface area (Å²) in [5, 5.41) is 4.87. The van der Waals surface area contributed by atoms with Gasteiger partial charge in [-0.1, -0.05) is 20.8 Å². The van der Waals surface area contributed by atoms with Crippen molar-refractivity contribution in [2.75, 3.05) is 7.05 Å². The van der Waals surface area contributed by atoms with E-state index in [0.717, 1.165) is 0 Å². The minimum atomic E-state index is 0.0905. The van der Waals surface area contributed by atoms with Crippen LogP contribution in [0.3, 0.4) is 0 Å². The highest BCUT2D eigenvalue weighted by atomic mass is 32.1. The smallest absolute Gasteiger partial charge is 0.114 e. The second-order valence-corrected chi connectivity index (χ2v) is 7.53. The van der Waals surface area contributed by atoms with Gasteiger partial charge in [0.1, 0.15) is 5.01 Å². The number of aromatic nitrogens is 1. The van der Waals surface area contributed by atoms with Crippen LogP contribution in [-0.2, 0) is 5.54 Å². The average Bonchev–Trinajstić information content (AvgIpc) is 2.66. The van der Waals surface area contributed by atoms with Gasteiger partial charge in [-0.2, -0.15) is 0 Å². The highest BCUT2D eigenvalue weighted by molar-refractivity contribution is 7.11. The summed E-state index contributed by atoms with van der Waals surface area (Å²) in [5.41, 5.74) is 1.69. The van der Waals surface area contributed by atoms with Gasteiger partial charge in [0.25, 0.3) is 0 Å². The first-order valence-corrected chi connectivity index (χ1v) is 7.26. The minimum absolute atomic E-state index is 0.0905. The van der Waals surface area contributed by atoms with Crippen molar-refractivity contribution in [1.29, 1.82) is 0 Å². The number of hydrogen-bond acceptors (Lipinski definition) is 3. The molecule has 2 rings (SSSR count). The summed E-state index contributed by atoms with van der Waals surface area (Å²) in [5.74, 6) is 0.646. The molecular formula is C14H24N2S. The lowest BCUT2D eigenvalue weighted by Gasteiger charge is -2.32.